The molecule has 0 bridgehead atoms. The third kappa shape index (κ3) is 6.48. The standard InChI is InChI=1S/C31H27Cl2N5O4/c32-26-7-3-8-27(33)25(26)19-41-28(34)21-9-15-36(16-10-21)13-4-14-37-17-11-22(12-18-37)29(35)42-20-38-30(39)23-5-1-2-6-24(23)31(38)40/h1-3,5-12,15-18,34-35H,4,13-14,19-20H2/q+2. The van der Waals surface area contributed by atoms with Crippen molar-refractivity contribution in [3.63, 3.8) is 0 Å². The molecule has 2 aromatic carbocycles. The van der Waals surface area contributed by atoms with Gasteiger partial charge in [0.1, 0.15) is 6.61 Å². The van der Waals surface area contributed by atoms with Crippen LogP contribution in [0.2, 0.25) is 10.0 Å². The summed E-state index contributed by atoms with van der Waals surface area (Å²) < 4.78 is 15.1. The van der Waals surface area contributed by atoms with Crippen molar-refractivity contribution in [1.82, 2.24) is 4.90 Å². The second kappa shape index (κ2) is 12.9. The molecule has 0 unspecified atom stereocenters. The Balaban J connectivity index is 1.06. The van der Waals surface area contributed by atoms with Crippen LogP contribution in [0, 0.1) is 10.8 Å². The van der Waals surface area contributed by atoms with Crippen molar-refractivity contribution in [1.29, 1.82) is 10.8 Å². The Labute approximate surface area is 252 Å². The lowest BCUT2D eigenvalue weighted by Gasteiger charge is -2.15. The van der Waals surface area contributed by atoms with E-state index in [9.17, 15) is 9.59 Å². The van der Waals surface area contributed by atoms with Crippen LogP contribution in [0.25, 0.3) is 0 Å². The predicted molar refractivity (Wildman–Crippen MR) is 156 cm³/mol. The van der Waals surface area contributed by atoms with Crippen LogP contribution in [-0.4, -0.2) is 35.2 Å². The van der Waals surface area contributed by atoms with Gasteiger partial charge in [-0.1, -0.05) is 41.4 Å². The Morgan fingerprint density at radius 1 is 0.690 bits per heavy atom. The first-order chi connectivity index (χ1) is 20.3. The lowest BCUT2D eigenvalue weighted by Crippen LogP contribution is -2.38. The van der Waals surface area contributed by atoms with Gasteiger partial charge in [-0.3, -0.25) is 20.4 Å². The molecule has 0 aliphatic carbocycles. The van der Waals surface area contributed by atoms with Crippen molar-refractivity contribution < 1.29 is 28.2 Å². The molecule has 2 amide bonds. The number of aryl methyl sites for hydroxylation is 2. The average molecular weight is 604 g/mol. The zero-order valence-electron chi connectivity index (χ0n) is 22.4. The molecule has 0 saturated carbocycles. The first-order valence-corrected chi connectivity index (χ1v) is 13.9. The van der Waals surface area contributed by atoms with E-state index in [0.717, 1.165) is 24.4 Å². The highest BCUT2D eigenvalue weighted by atomic mass is 35.5. The smallest absolute Gasteiger partial charge is 0.264 e. The number of imide groups is 1. The summed E-state index contributed by atoms with van der Waals surface area (Å²) in [5, 5.41) is 17.4. The molecule has 212 valence electrons. The summed E-state index contributed by atoms with van der Waals surface area (Å²) in [6, 6.07) is 19.0. The fraction of sp³-hybridized carbons (Fsp3) is 0.161. The highest BCUT2D eigenvalue weighted by molar-refractivity contribution is 6.36. The monoisotopic (exact) mass is 603 g/mol. The molecule has 0 fully saturated rings. The molecule has 3 heterocycles. The zero-order valence-corrected chi connectivity index (χ0v) is 23.9. The summed E-state index contributed by atoms with van der Waals surface area (Å²) in [6.07, 6.45) is 8.35. The van der Waals surface area contributed by atoms with Crippen LogP contribution in [0.4, 0.5) is 0 Å². The zero-order chi connectivity index (χ0) is 29.6. The number of aromatic nitrogens is 2. The van der Waals surface area contributed by atoms with Gasteiger partial charge in [-0.05, 0) is 24.3 Å². The van der Waals surface area contributed by atoms with E-state index in [2.05, 4.69) is 0 Å². The maximum atomic E-state index is 12.5. The Kier molecular flexibility index (Phi) is 8.90. The molecule has 0 atom stereocenters. The SMILES string of the molecule is N=C(OCc1c(Cl)cccc1Cl)c1cc[n+](CCC[n+]2ccc(C(=N)OCN3C(=O)c4ccccc4C3=O)cc2)cc1. The topological polar surface area (TPSA) is 111 Å². The van der Waals surface area contributed by atoms with Gasteiger partial charge in [0.15, 0.2) is 44.6 Å². The lowest BCUT2D eigenvalue weighted by molar-refractivity contribution is -0.726. The minimum Gasteiger partial charge on any atom is -0.473 e. The van der Waals surface area contributed by atoms with Crippen LogP contribution >= 0.6 is 23.2 Å². The average Bonchev–Trinajstić information content (AvgIpc) is 3.25. The number of amides is 2. The number of fused-ring (bicyclic) bond motifs is 1. The molecule has 4 aromatic rings. The second-order valence-electron chi connectivity index (χ2n) is 9.51. The summed E-state index contributed by atoms with van der Waals surface area (Å²) in [7, 11) is 0. The highest BCUT2D eigenvalue weighted by Crippen LogP contribution is 2.25. The molecule has 0 radical (unpaired) electrons. The molecule has 0 saturated heterocycles. The number of benzene rings is 2. The number of rotatable bonds is 10. The van der Waals surface area contributed by atoms with Gasteiger partial charge in [-0.25, -0.2) is 14.0 Å². The fourth-order valence-electron chi connectivity index (χ4n) is 4.42. The molecular formula is C31H27Cl2N5O4+2. The van der Waals surface area contributed by atoms with E-state index < -0.39 is 11.8 Å². The summed E-state index contributed by atoms with van der Waals surface area (Å²) in [5.74, 6) is -0.940. The van der Waals surface area contributed by atoms with Crippen LogP contribution in [-0.2, 0) is 29.2 Å². The molecular weight excluding hydrogens is 577 g/mol. The quantitative estimate of drug-likeness (QED) is 0.117. The number of nitrogens with one attached hydrogen (secondary N) is 2. The van der Waals surface area contributed by atoms with Gasteiger partial charge in [0.05, 0.1) is 17.5 Å². The van der Waals surface area contributed by atoms with Crippen molar-refractivity contribution in [3.8, 4) is 0 Å². The normalized spacial score (nSPS) is 12.3. The first-order valence-electron chi connectivity index (χ1n) is 13.1. The van der Waals surface area contributed by atoms with Crippen molar-refractivity contribution in [2.45, 2.75) is 26.1 Å². The maximum Gasteiger partial charge on any atom is 0.264 e. The van der Waals surface area contributed by atoms with Gasteiger partial charge >= 0.3 is 0 Å². The molecule has 9 nitrogen and oxygen atoms in total. The number of nitrogens with zero attached hydrogens (tertiary/aromatic N) is 3. The number of hydrogen-bond donors (Lipinski definition) is 2. The Hall–Kier alpha value is -4.60. The van der Waals surface area contributed by atoms with E-state index in [-0.39, 0.29) is 25.1 Å². The first kappa shape index (κ1) is 28.9. The van der Waals surface area contributed by atoms with Crippen LogP contribution in [0.5, 0.6) is 0 Å². The van der Waals surface area contributed by atoms with E-state index >= 15 is 0 Å². The van der Waals surface area contributed by atoms with Crippen LogP contribution in [0.15, 0.2) is 91.5 Å². The van der Waals surface area contributed by atoms with Crippen LogP contribution in [0.3, 0.4) is 0 Å². The van der Waals surface area contributed by atoms with Gasteiger partial charge in [-0.2, -0.15) is 0 Å². The summed E-state index contributed by atoms with van der Waals surface area (Å²) in [6.45, 7) is 1.30. The maximum absolute atomic E-state index is 12.5. The van der Waals surface area contributed by atoms with E-state index in [1.807, 2.05) is 46.1 Å². The molecule has 1 aliphatic heterocycles. The van der Waals surface area contributed by atoms with Crippen molar-refractivity contribution >= 4 is 46.8 Å². The van der Waals surface area contributed by atoms with Gasteiger partial charge in [0.2, 0.25) is 11.8 Å². The molecule has 2 N–H and O–H groups in total. The van der Waals surface area contributed by atoms with Crippen molar-refractivity contribution in [3.05, 3.63) is 129 Å². The number of hydrogen-bond acceptors (Lipinski definition) is 6. The molecule has 0 spiro atoms. The van der Waals surface area contributed by atoms with Crippen molar-refractivity contribution in [2.24, 2.45) is 0 Å². The molecule has 42 heavy (non-hydrogen) atoms. The Morgan fingerprint density at radius 3 is 1.67 bits per heavy atom. The molecule has 11 heteroatoms. The van der Waals surface area contributed by atoms with Gasteiger partial charge in [0, 0.05) is 51.0 Å². The molecule has 5 rings (SSSR count). The highest BCUT2D eigenvalue weighted by Gasteiger charge is 2.35. The van der Waals surface area contributed by atoms with Crippen molar-refractivity contribution in [2.75, 3.05) is 6.73 Å². The number of carbonyl (C=O) groups is 2. The van der Waals surface area contributed by atoms with E-state index in [1.54, 1.807) is 54.6 Å². The summed E-state index contributed by atoms with van der Waals surface area (Å²) in [4.78, 5) is 25.9. The van der Waals surface area contributed by atoms with Gasteiger partial charge in [0.25, 0.3) is 11.8 Å². The number of ether oxygens (including phenoxy) is 2. The van der Waals surface area contributed by atoms with Crippen LogP contribution in [0.1, 0.15) is 43.8 Å². The second-order valence-corrected chi connectivity index (χ2v) is 10.3. The minimum atomic E-state index is -0.424. The predicted octanol–water partition coefficient (Wildman–Crippen LogP) is 4.80. The Bertz CT molecular complexity index is 1600. The number of halogens is 2. The third-order valence-electron chi connectivity index (χ3n) is 6.78. The fourth-order valence-corrected chi connectivity index (χ4v) is 4.92. The van der Waals surface area contributed by atoms with E-state index in [4.69, 9.17) is 43.5 Å². The number of carbonyl (C=O) groups excluding carboxylic acids is 2. The van der Waals surface area contributed by atoms with Gasteiger partial charge in [-0.15, -0.1) is 0 Å². The molecule has 1 aliphatic rings. The summed E-state index contributed by atoms with van der Waals surface area (Å²) in [5.41, 5.74) is 2.52. The van der Waals surface area contributed by atoms with E-state index in [0.29, 0.717) is 37.9 Å². The van der Waals surface area contributed by atoms with Crippen LogP contribution < -0.4 is 9.13 Å². The molecule has 2 aromatic heterocycles. The van der Waals surface area contributed by atoms with E-state index in [1.165, 1.54) is 0 Å². The lowest BCUT2D eigenvalue weighted by atomic mass is 10.1. The Morgan fingerprint density at radius 2 is 1.17 bits per heavy atom. The van der Waals surface area contributed by atoms with Gasteiger partial charge < -0.3 is 9.47 Å². The third-order valence-corrected chi connectivity index (χ3v) is 7.49. The largest absolute Gasteiger partial charge is 0.473 e. The minimum absolute atomic E-state index is 0.0343. The summed E-state index contributed by atoms with van der Waals surface area (Å²) >= 11 is 12.3. The number of pyridine rings is 2.